The monoisotopic (exact) mass is 199 g/mol. The summed E-state index contributed by atoms with van der Waals surface area (Å²) < 4.78 is 21.2. The van der Waals surface area contributed by atoms with Gasteiger partial charge in [0, 0.05) is 0 Å². The molecular weight excluding hydrogens is 197 g/mol. The molecule has 0 N–H and O–H groups in total. The van der Waals surface area contributed by atoms with Gasteiger partial charge in [-0.25, -0.2) is 0 Å². The quantitative estimate of drug-likeness (QED) is 0.318. The molecule has 0 fully saturated rings. The third-order valence-electron chi connectivity index (χ3n) is 0.200. The van der Waals surface area contributed by atoms with Gasteiger partial charge in [0.25, 0.3) is 0 Å². The van der Waals surface area contributed by atoms with Crippen LogP contribution in [0, 0.1) is 0 Å². The Morgan fingerprint density at radius 1 is 1.00 bits per heavy atom. The van der Waals surface area contributed by atoms with E-state index in [0.717, 1.165) is 0 Å². The van der Waals surface area contributed by atoms with E-state index in [2.05, 4.69) is 4.31 Å². The Labute approximate surface area is 81.1 Å². The topological polar surface area (TPSA) is 136 Å². The molecule has 0 aliphatic heterocycles. The maximum absolute atomic E-state index is 9.32. The van der Waals surface area contributed by atoms with Crippen LogP contribution in [0.15, 0.2) is 0 Å². The van der Waals surface area contributed by atoms with Gasteiger partial charge >= 0.3 is 32.4 Å². The van der Waals surface area contributed by atoms with Crippen molar-refractivity contribution in [3.63, 3.8) is 0 Å². The average Bonchev–Trinajstić information content (AvgIpc) is 1.14. The summed E-state index contributed by atoms with van der Waals surface area (Å²) in [5.41, 5.74) is 0. The molecule has 0 unspecified atom stereocenters. The third-order valence-corrected chi connectivity index (χ3v) is 1.80. The number of hydrogen-bond acceptors (Lipinski definition) is 7. The molecule has 0 heterocycles. The minimum atomic E-state index is -5.68. The Kier molecular flexibility index (Phi) is 5.98. The van der Waals surface area contributed by atoms with Crippen LogP contribution in [0.5, 0.6) is 0 Å². The van der Waals surface area contributed by atoms with Gasteiger partial charge < -0.3 is 33.0 Å². The Hall–Kier alpha value is 1.26. The van der Waals surface area contributed by atoms with E-state index in [9.17, 15) is 28.7 Å². The van der Waals surface area contributed by atoms with E-state index in [4.69, 9.17) is 0 Å². The summed E-state index contributed by atoms with van der Waals surface area (Å²) in [4.78, 5) is 37.3. The zero-order valence-electron chi connectivity index (χ0n) is 6.75. The molecule has 0 atom stereocenters. The first-order valence-electron chi connectivity index (χ1n) is 1.46. The molecule has 0 saturated heterocycles. The predicted octanol–water partition coefficient (Wildman–Crippen LogP) is -6.11. The third kappa shape index (κ3) is 12.0. The van der Waals surface area contributed by atoms with Crippen molar-refractivity contribution < 1.29 is 65.4 Å². The first kappa shape index (κ1) is 13.8. The maximum atomic E-state index is 9.32. The molecule has 0 aromatic carbocycles. The second kappa shape index (κ2) is 4.33. The van der Waals surface area contributed by atoms with Crippen molar-refractivity contribution >= 4 is 15.6 Å². The van der Waals surface area contributed by atoms with E-state index >= 15 is 0 Å². The van der Waals surface area contributed by atoms with Crippen LogP contribution < -0.4 is 49.1 Å². The summed E-state index contributed by atoms with van der Waals surface area (Å²) in [5.74, 6) is 0. The van der Waals surface area contributed by atoms with Crippen LogP contribution in [-0.4, -0.2) is 0 Å². The fraction of sp³-hybridized carbons (Fsp3) is 0. The number of rotatable bonds is 2. The van der Waals surface area contributed by atoms with E-state index in [0.29, 0.717) is 0 Å². The summed E-state index contributed by atoms with van der Waals surface area (Å²) >= 11 is 0. The second-order valence-electron chi connectivity index (χ2n) is 0.976. The molecule has 10 heavy (non-hydrogen) atoms. The van der Waals surface area contributed by atoms with Gasteiger partial charge in [-0.15, -0.1) is 0 Å². The molecule has 10 heteroatoms. The minimum Gasteiger partial charge on any atom is -0.790 e. The molecule has 0 rings (SSSR count). The van der Waals surface area contributed by atoms with Gasteiger partial charge in [-0.3, -0.25) is 0 Å². The fourth-order valence-electron chi connectivity index (χ4n) is 0.122. The molecule has 0 aliphatic rings. The Morgan fingerprint density at radius 3 is 1.20 bits per heavy atom. The van der Waals surface area contributed by atoms with Crippen LogP contribution in [0.2, 0.25) is 0 Å². The first-order valence-corrected chi connectivity index (χ1v) is 4.38. The van der Waals surface area contributed by atoms with Crippen LogP contribution >= 0.6 is 15.6 Å². The molecule has 0 aliphatic carbocycles. The van der Waals surface area contributed by atoms with Crippen molar-refractivity contribution in [3.05, 3.63) is 0 Å². The standard InChI is InChI=1S/Na.H4O7P2/c;1-8(2,3)7-9(4,5)6/h;(H2,1,2,3)(H2,4,5,6)/q+1;/p-2. The molecule has 0 aromatic heterocycles. The van der Waals surface area contributed by atoms with Crippen molar-refractivity contribution in [3.8, 4) is 0 Å². The molecule has 0 amide bonds. The molecule has 0 aromatic rings. The van der Waals surface area contributed by atoms with Gasteiger partial charge in [-0.1, -0.05) is 0 Å². The minimum absolute atomic E-state index is 0. The average molecular weight is 199 g/mol. The molecule has 0 spiro atoms. The van der Waals surface area contributed by atoms with E-state index in [1.54, 1.807) is 0 Å². The van der Waals surface area contributed by atoms with E-state index in [-0.39, 0.29) is 32.4 Å². The van der Waals surface area contributed by atoms with Gasteiger partial charge in [-0.2, -0.15) is 0 Å². The fourth-order valence-corrected chi connectivity index (χ4v) is 1.10. The molecular formula is H2NaO7P2-. The second-order valence-corrected chi connectivity index (χ2v) is 3.42. The summed E-state index contributed by atoms with van der Waals surface area (Å²) in [7, 11) is -11.4. The van der Waals surface area contributed by atoms with Crippen molar-refractivity contribution in [2.24, 2.45) is 0 Å². The van der Waals surface area contributed by atoms with Crippen LogP contribution in [0.1, 0.15) is 2.85 Å². The van der Waals surface area contributed by atoms with Crippen molar-refractivity contribution in [2.45, 2.75) is 0 Å². The van der Waals surface area contributed by atoms with Gasteiger partial charge in [0.15, 0.2) is 0 Å². The Bertz CT molecular complexity index is 160. The molecule has 0 bridgehead atoms. The summed E-state index contributed by atoms with van der Waals surface area (Å²) in [6.07, 6.45) is 0. The van der Waals surface area contributed by atoms with Gasteiger partial charge in [0.2, 0.25) is 0 Å². The van der Waals surface area contributed by atoms with Crippen LogP contribution in [0.4, 0.5) is 0 Å². The molecule has 56 valence electrons. The molecule has 0 radical (unpaired) electrons. The Morgan fingerprint density at radius 2 is 1.20 bits per heavy atom. The summed E-state index contributed by atoms with van der Waals surface area (Å²) in [6, 6.07) is 0. The SMILES string of the molecule is O=P([O-])([O-])OP(=O)([O-])[O-].[H+].[H+].[Na+]. The smallest absolute Gasteiger partial charge is 0.790 e. The van der Waals surface area contributed by atoms with Gasteiger partial charge in [0.05, 0.1) is 15.6 Å². The summed E-state index contributed by atoms with van der Waals surface area (Å²) in [5, 5.41) is 0. The molecule has 7 nitrogen and oxygen atoms in total. The first-order chi connectivity index (χ1) is 3.71. The Balaban J connectivity index is -0.000000107. The van der Waals surface area contributed by atoms with Crippen LogP contribution in [-0.2, 0) is 13.4 Å². The van der Waals surface area contributed by atoms with Gasteiger partial charge in [0.1, 0.15) is 0 Å². The summed E-state index contributed by atoms with van der Waals surface area (Å²) in [6.45, 7) is 0. The van der Waals surface area contributed by atoms with Crippen LogP contribution in [0.25, 0.3) is 0 Å². The largest absolute Gasteiger partial charge is 1.00 e. The van der Waals surface area contributed by atoms with Crippen molar-refractivity contribution in [1.29, 1.82) is 0 Å². The zero-order chi connectivity index (χ0) is 7.71. The number of hydrogen-bond donors (Lipinski definition) is 0. The van der Waals surface area contributed by atoms with E-state index in [1.165, 1.54) is 0 Å². The molecule has 0 saturated carbocycles. The van der Waals surface area contributed by atoms with Crippen molar-refractivity contribution in [2.75, 3.05) is 0 Å². The maximum Gasteiger partial charge on any atom is 1.00 e. The van der Waals surface area contributed by atoms with Gasteiger partial charge in [-0.05, 0) is 0 Å². The normalized spacial score (nSPS) is 12.4. The predicted molar refractivity (Wildman–Crippen MR) is 18.5 cm³/mol. The number of phosphoric acid groups is 2. The van der Waals surface area contributed by atoms with E-state index in [1.807, 2.05) is 0 Å². The van der Waals surface area contributed by atoms with E-state index < -0.39 is 15.6 Å². The van der Waals surface area contributed by atoms with Crippen molar-refractivity contribution in [1.82, 2.24) is 0 Å². The zero-order valence-corrected chi connectivity index (χ0v) is 8.54. The van der Waals surface area contributed by atoms with Crippen LogP contribution in [0.3, 0.4) is 0 Å².